The molecule has 0 aliphatic carbocycles. The Morgan fingerprint density at radius 1 is 1.11 bits per heavy atom. The van der Waals surface area contributed by atoms with E-state index in [4.69, 9.17) is 9.47 Å². The number of amides is 3. The number of likely N-dealkylation sites (tertiary alicyclic amines) is 1. The molecule has 3 amide bonds. The molecule has 5 heterocycles. The van der Waals surface area contributed by atoms with Crippen molar-refractivity contribution in [1.29, 1.82) is 0 Å². The lowest BCUT2D eigenvalue weighted by Crippen LogP contribution is -2.35. The van der Waals surface area contributed by atoms with Crippen LogP contribution in [0.4, 0.5) is 16.4 Å². The zero-order valence-corrected chi connectivity index (χ0v) is 19.9. The zero-order chi connectivity index (χ0) is 24.0. The van der Waals surface area contributed by atoms with Crippen molar-refractivity contribution in [3.8, 4) is 16.5 Å². The lowest BCUT2D eigenvalue weighted by Gasteiger charge is -2.19. The molecule has 2 unspecified atom stereocenters. The molecule has 2 fully saturated rings. The van der Waals surface area contributed by atoms with Crippen molar-refractivity contribution in [2.24, 2.45) is 11.8 Å². The van der Waals surface area contributed by atoms with E-state index in [0.29, 0.717) is 43.9 Å². The first-order valence-corrected chi connectivity index (χ1v) is 12.4. The molecule has 0 bridgehead atoms. The number of hydrogen-bond acceptors (Lipinski definition) is 8. The molecule has 2 atom stereocenters. The number of urea groups is 1. The minimum Gasteiger partial charge on any atom is -0.477 e. The van der Waals surface area contributed by atoms with Crippen LogP contribution in [0.1, 0.15) is 12.8 Å². The van der Waals surface area contributed by atoms with Crippen molar-refractivity contribution in [3.63, 3.8) is 0 Å². The maximum absolute atomic E-state index is 12.6. The van der Waals surface area contributed by atoms with Crippen LogP contribution < -0.4 is 15.4 Å². The molecule has 0 radical (unpaired) electrons. The largest absolute Gasteiger partial charge is 0.477 e. The third kappa shape index (κ3) is 5.92. The number of rotatable bonds is 7. The van der Waals surface area contributed by atoms with Gasteiger partial charge >= 0.3 is 6.03 Å². The van der Waals surface area contributed by atoms with E-state index in [1.54, 1.807) is 36.0 Å². The first-order chi connectivity index (χ1) is 17.1. The summed E-state index contributed by atoms with van der Waals surface area (Å²) in [6.45, 7) is 3.09. The zero-order valence-electron chi connectivity index (χ0n) is 19.1. The van der Waals surface area contributed by atoms with Gasteiger partial charge in [-0.25, -0.2) is 9.78 Å². The number of carbonyl (C=O) groups is 2. The molecule has 3 aromatic rings. The number of anilines is 2. The lowest BCUT2D eigenvalue weighted by molar-refractivity contribution is -0.134. The first kappa shape index (κ1) is 23.2. The van der Waals surface area contributed by atoms with Crippen molar-refractivity contribution in [1.82, 2.24) is 19.9 Å². The van der Waals surface area contributed by atoms with Gasteiger partial charge in [-0.1, -0.05) is 6.07 Å². The number of carbonyl (C=O) groups excluding carboxylic acids is 2. The number of nitrogens with zero attached hydrogens (tertiary/aromatic N) is 4. The molecule has 10 nitrogen and oxygen atoms in total. The highest BCUT2D eigenvalue weighted by Crippen LogP contribution is 2.26. The predicted octanol–water partition coefficient (Wildman–Crippen LogP) is 3.51. The molecule has 2 aliphatic heterocycles. The van der Waals surface area contributed by atoms with Gasteiger partial charge in [-0.3, -0.25) is 20.4 Å². The van der Waals surface area contributed by atoms with Crippen molar-refractivity contribution in [2.45, 2.75) is 12.8 Å². The standard InChI is InChI=1S/C24H26N6O4S/c31-23(18-7-11-33-14-18)30-10-6-16(12-30)13-34-21-3-1-2-19(26-21)28-24(32)29-20-15-35-22(27-20)17-4-8-25-9-5-17/h1-5,8-9,15-16,18H,6-7,10-14H2,(H2,26,28,29,32). The number of ether oxygens (including phenoxy) is 2. The SMILES string of the molecule is O=C(Nc1cccc(OCC2CCN(C(=O)C3CCOC3)C2)n1)Nc1csc(-c2ccncc2)n1. The van der Waals surface area contributed by atoms with E-state index in [2.05, 4.69) is 25.6 Å². The van der Waals surface area contributed by atoms with E-state index in [1.807, 2.05) is 17.0 Å². The van der Waals surface area contributed by atoms with E-state index in [0.717, 1.165) is 30.0 Å². The number of thiazole rings is 1. The topological polar surface area (TPSA) is 119 Å². The molecule has 5 rings (SSSR count). The second kappa shape index (κ2) is 10.8. The highest BCUT2D eigenvalue weighted by molar-refractivity contribution is 7.13. The summed E-state index contributed by atoms with van der Waals surface area (Å²) >= 11 is 1.43. The van der Waals surface area contributed by atoms with Crippen molar-refractivity contribution in [3.05, 3.63) is 48.1 Å². The van der Waals surface area contributed by atoms with Crippen LogP contribution in [-0.2, 0) is 9.53 Å². The van der Waals surface area contributed by atoms with Gasteiger partial charge in [0.15, 0.2) is 0 Å². The fraction of sp³-hybridized carbons (Fsp3) is 0.375. The van der Waals surface area contributed by atoms with E-state index in [9.17, 15) is 9.59 Å². The highest BCUT2D eigenvalue weighted by atomic mass is 32.1. The summed E-state index contributed by atoms with van der Waals surface area (Å²) < 4.78 is 11.2. The highest BCUT2D eigenvalue weighted by Gasteiger charge is 2.33. The molecule has 0 aromatic carbocycles. The van der Waals surface area contributed by atoms with Crippen LogP contribution >= 0.6 is 11.3 Å². The van der Waals surface area contributed by atoms with Gasteiger partial charge in [0.05, 0.1) is 19.1 Å². The van der Waals surface area contributed by atoms with Crippen LogP contribution in [0.25, 0.3) is 10.6 Å². The Hall–Kier alpha value is -3.57. The predicted molar refractivity (Wildman–Crippen MR) is 131 cm³/mol. The number of nitrogens with one attached hydrogen (secondary N) is 2. The van der Waals surface area contributed by atoms with Crippen LogP contribution in [0.3, 0.4) is 0 Å². The average molecular weight is 495 g/mol. The van der Waals surface area contributed by atoms with Crippen LogP contribution in [0, 0.1) is 11.8 Å². The summed E-state index contributed by atoms with van der Waals surface area (Å²) in [6.07, 6.45) is 5.10. The Morgan fingerprint density at radius 2 is 1.97 bits per heavy atom. The Morgan fingerprint density at radius 3 is 2.80 bits per heavy atom. The Balaban J connectivity index is 1.10. The summed E-state index contributed by atoms with van der Waals surface area (Å²) in [6, 6.07) is 8.50. The molecule has 3 aromatic heterocycles. The van der Waals surface area contributed by atoms with Crippen molar-refractivity contribution >= 4 is 34.9 Å². The summed E-state index contributed by atoms with van der Waals surface area (Å²) in [5, 5.41) is 8.00. The van der Waals surface area contributed by atoms with E-state index >= 15 is 0 Å². The van der Waals surface area contributed by atoms with Gasteiger partial charge < -0.3 is 14.4 Å². The monoisotopic (exact) mass is 494 g/mol. The third-order valence-corrected chi connectivity index (χ3v) is 6.87. The maximum Gasteiger partial charge on any atom is 0.326 e. The van der Waals surface area contributed by atoms with E-state index < -0.39 is 6.03 Å². The molecule has 0 spiro atoms. The van der Waals surface area contributed by atoms with Crippen LogP contribution in [0.15, 0.2) is 48.1 Å². The molecular formula is C24H26N6O4S. The molecule has 11 heteroatoms. The molecule has 0 saturated carbocycles. The van der Waals surface area contributed by atoms with E-state index in [1.165, 1.54) is 11.3 Å². The third-order valence-electron chi connectivity index (χ3n) is 5.98. The quantitative estimate of drug-likeness (QED) is 0.516. The number of hydrogen-bond donors (Lipinski definition) is 2. The van der Waals surface area contributed by atoms with Crippen molar-refractivity contribution < 1.29 is 19.1 Å². The number of aromatic nitrogens is 3. The summed E-state index contributed by atoms with van der Waals surface area (Å²) in [5.41, 5.74) is 0.937. The summed E-state index contributed by atoms with van der Waals surface area (Å²) in [5.74, 6) is 1.68. The Labute approximate surface area is 206 Å². The molecule has 2 N–H and O–H groups in total. The lowest BCUT2D eigenvalue weighted by atomic mass is 10.1. The van der Waals surface area contributed by atoms with Gasteiger partial charge in [-0.15, -0.1) is 11.3 Å². The second-order valence-corrected chi connectivity index (χ2v) is 9.38. The molecular weight excluding hydrogens is 468 g/mol. The molecule has 2 saturated heterocycles. The summed E-state index contributed by atoms with van der Waals surface area (Å²) in [4.78, 5) is 39.7. The van der Waals surface area contributed by atoms with Gasteiger partial charge in [0.25, 0.3) is 0 Å². The fourth-order valence-electron chi connectivity index (χ4n) is 4.15. The maximum atomic E-state index is 12.6. The van der Waals surface area contributed by atoms with Gasteiger partial charge in [-0.05, 0) is 31.0 Å². The van der Waals surface area contributed by atoms with Gasteiger partial charge in [0.2, 0.25) is 11.8 Å². The molecule has 182 valence electrons. The normalized spacial score (nSPS) is 19.5. The second-order valence-electron chi connectivity index (χ2n) is 8.52. The van der Waals surface area contributed by atoms with E-state index in [-0.39, 0.29) is 17.7 Å². The Kier molecular flexibility index (Phi) is 7.15. The average Bonchev–Trinajstić information content (AvgIpc) is 3.65. The smallest absolute Gasteiger partial charge is 0.326 e. The minimum absolute atomic E-state index is 0.00301. The minimum atomic E-state index is -0.443. The van der Waals surface area contributed by atoms with Gasteiger partial charge in [-0.2, -0.15) is 4.98 Å². The van der Waals surface area contributed by atoms with Crippen LogP contribution in [0.2, 0.25) is 0 Å². The summed E-state index contributed by atoms with van der Waals surface area (Å²) in [7, 11) is 0. The molecule has 35 heavy (non-hydrogen) atoms. The van der Waals surface area contributed by atoms with Gasteiger partial charge in [0, 0.05) is 55.0 Å². The van der Waals surface area contributed by atoms with Crippen LogP contribution in [0.5, 0.6) is 5.88 Å². The number of pyridine rings is 2. The van der Waals surface area contributed by atoms with Crippen LogP contribution in [-0.4, -0.2) is 64.7 Å². The van der Waals surface area contributed by atoms with Crippen molar-refractivity contribution in [2.75, 3.05) is 43.5 Å². The van der Waals surface area contributed by atoms with Gasteiger partial charge in [0.1, 0.15) is 16.6 Å². The Bertz CT molecular complexity index is 1170. The molecule has 2 aliphatic rings. The fourth-order valence-corrected chi connectivity index (χ4v) is 4.90. The first-order valence-electron chi connectivity index (χ1n) is 11.5.